The maximum atomic E-state index is 13.2. The molecule has 2 N–H and O–H groups in total. The van der Waals surface area contributed by atoms with E-state index < -0.39 is 52.2 Å². The van der Waals surface area contributed by atoms with E-state index in [1.807, 2.05) is 26.0 Å². The second-order valence-corrected chi connectivity index (χ2v) is 13.6. The molecule has 2 heterocycles. The summed E-state index contributed by atoms with van der Waals surface area (Å²) in [5, 5.41) is 5.01. The number of fused-ring (bicyclic) bond motifs is 4. The molecule has 0 saturated heterocycles. The fourth-order valence-electron chi connectivity index (χ4n) is 6.10. The summed E-state index contributed by atoms with van der Waals surface area (Å²) in [6.45, 7) is 16.4. The lowest BCUT2D eigenvalue weighted by Crippen LogP contribution is -2.50. The monoisotopic (exact) mass is 734 g/mol. The van der Waals surface area contributed by atoms with Crippen LogP contribution in [0.3, 0.4) is 0 Å². The molecule has 0 aromatic heterocycles. The van der Waals surface area contributed by atoms with Gasteiger partial charge in [-0.15, -0.1) is 0 Å². The molecule has 284 valence electrons. The number of aryl methyl sites for hydroxylation is 2. The minimum atomic E-state index is -1.28. The zero-order valence-corrected chi connectivity index (χ0v) is 30.9. The van der Waals surface area contributed by atoms with Crippen LogP contribution in [0.25, 0.3) is 0 Å². The van der Waals surface area contributed by atoms with Crippen molar-refractivity contribution in [3.05, 3.63) is 71.8 Å². The lowest BCUT2D eigenvalue weighted by Gasteiger charge is -2.41. The standard InChI is InChI=1S/C39H46N2O12/c1-9-23-17-25-29(19-27(23)48-13-15-50-35(46)37(5,6)40-31(42)11-3)52-33(44)21-39(25)22-34(45)53-30-20-28(24(10-2)18-26(30)39)49-14-16-51-36(47)38(7,8)41-32(43)12-4/h11-12,17-20H,3-4,9-10,13-16,21-22H2,1-2,5-8H3,(H,40,42)(H,41,43). The third-order valence-electron chi connectivity index (χ3n) is 8.87. The second kappa shape index (κ2) is 16.3. The lowest BCUT2D eigenvalue weighted by molar-refractivity contribution is -0.152. The first kappa shape index (κ1) is 40.1. The molecule has 53 heavy (non-hydrogen) atoms. The number of rotatable bonds is 16. The number of carbonyl (C=O) groups is 6. The molecule has 2 amide bonds. The number of hydrogen-bond acceptors (Lipinski definition) is 12. The van der Waals surface area contributed by atoms with Crippen LogP contribution in [0.2, 0.25) is 0 Å². The van der Waals surface area contributed by atoms with Gasteiger partial charge >= 0.3 is 23.9 Å². The molecule has 0 saturated carbocycles. The smallest absolute Gasteiger partial charge is 0.331 e. The highest BCUT2D eigenvalue weighted by molar-refractivity contribution is 5.93. The zero-order valence-electron chi connectivity index (χ0n) is 30.9. The van der Waals surface area contributed by atoms with Crippen LogP contribution in [0, 0.1) is 0 Å². The number of esters is 4. The van der Waals surface area contributed by atoms with Crippen LogP contribution < -0.4 is 29.6 Å². The van der Waals surface area contributed by atoms with Crippen molar-refractivity contribution in [3.8, 4) is 23.0 Å². The summed E-state index contributed by atoms with van der Waals surface area (Å²) in [5.74, 6) is -2.15. The third kappa shape index (κ3) is 9.05. The topological polar surface area (TPSA) is 182 Å². The van der Waals surface area contributed by atoms with Gasteiger partial charge < -0.3 is 39.1 Å². The van der Waals surface area contributed by atoms with E-state index in [0.29, 0.717) is 35.5 Å². The van der Waals surface area contributed by atoms with Crippen molar-refractivity contribution in [3.63, 3.8) is 0 Å². The van der Waals surface area contributed by atoms with Crippen molar-refractivity contribution in [1.29, 1.82) is 0 Å². The van der Waals surface area contributed by atoms with Crippen molar-refractivity contribution >= 4 is 35.7 Å². The third-order valence-corrected chi connectivity index (χ3v) is 8.87. The van der Waals surface area contributed by atoms with E-state index in [1.54, 1.807) is 12.1 Å². The zero-order chi connectivity index (χ0) is 39.1. The minimum Gasteiger partial charge on any atom is -0.490 e. The van der Waals surface area contributed by atoms with Gasteiger partial charge in [-0.3, -0.25) is 19.2 Å². The van der Waals surface area contributed by atoms with Crippen LogP contribution in [0.5, 0.6) is 23.0 Å². The molecule has 0 fully saturated rings. The molecular formula is C39H46N2O12. The first-order valence-corrected chi connectivity index (χ1v) is 17.3. The molecule has 0 atom stereocenters. The number of amides is 2. The first-order chi connectivity index (χ1) is 25.0. The van der Waals surface area contributed by atoms with E-state index in [2.05, 4.69) is 23.8 Å². The van der Waals surface area contributed by atoms with Gasteiger partial charge in [0.05, 0.1) is 12.8 Å². The number of hydrogen-bond donors (Lipinski definition) is 2. The Morgan fingerprint density at radius 3 is 1.42 bits per heavy atom. The summed E-state index contributed by atoms with van der Waals surface area (Å²) in [5.41, 5.74) is -0.885. The second-order valence-electron chi connectivity index (χ2n) is 13.6. The van der Waals surface area contributed by atoms with Crippen LogP contribution in [-0.4, -0.2) is 73.2 Å². The Morgan fingerprint density at radius 2 is 1.08 bits per heavy atom. The number of ether oxygens (including phenoxy) is 6. The Kier molecular flexibility index (Phi) is 12.4. The van der Waals surface area contributed by atoms with Gasteiger partial charge in [-0.1, -0.05) is 27.0 Å². The highest BCUT2D eigenvalue weighted by Crippen LogP contribution is 2.54. The summed E-state index contributed by atoms with van der Waals surface area (Å²) in [6.07, 6.45) is 2.95. The van der Waals surface area contributed by atoms with Crippen molar-refractivity contribution in [1.82, 2.24) is 10.6 Å². The van der Waals surface area contributed by atoms with E-state index in [4.69, 9.17) is 28.4 Å². The molecule has 2 aliphatic heterocycles. The van der Waals surface area contributed by atoms with Crippen LogP contribution in [0.1, 0.15) is 76.6 Å². The maximum absolute atomic E-state index is 13.2. The maximum Gasteiger partial charge on any atom is 0.331 e. The van der Waals surface area contributed by atoms with E-state index in [1.165, 1.54) is 27.7 Å². The number of nitrogens with one attached hydrogen (secondary N) is 2. The normalized spacial score (nSPS) is 14.4. The molecule has 1 spiro atoms. The molecule has 0 bridgehead atoms. The summed E-state index contributed by atoms with van der Waals surface area (Å²) in [4.78, 5) is 74.8. The molecule has 2 aliphatic rings. The summed E-state index contributed by atoms with van der Waals surface area (Å²) >= 11 is 0. The van der Waals surface area contributed by atoms with Gasteiger partial charge in [0.25, 0.3) is 0 Å². The van der Waals surface area contributed by atoms with Gasteiger partial charge in [0, 0.05) is 28.7 Å². The Labute approximate surface area is 308 Å². The molecule has 0 aliphatic carbocycles. The minimum absolute atomic E-state index is 0.0251. The largest absolute Gasteiger partial charge is 0.490 e. The average Bonchev–Trinajstić information content (AvgIpc) is 3.10. The molecular weight excluding hydrogens is 688 g/mol. The van der Waals surface area contributed by atoms with E-state index in [9.17, 15) is 28.8 Å². The van der Waals surface area contributed by atoms with E-state index >= 15 is 0 Å². The van der Waals surface area contributed by atoms with Crippen LogP contribution >= 0.6 is 0 Å². The summed E-state index contributed by atoms with van der Waals surface area (Å²) < 4.78 is 34.0. The van der Waals surface area contributed by atoms with Crippen LogP contribution in [-0.2, 0) is 56.5 Å². The van der Waals surface area contributed by atoms with Crippen molar-refractivity contribution in [2.75, 3.05) is 26.4 Å². The fourth-order valence-corrected chi connectivity index (χ4v) is 6.10. The molecule has 0 unspecified atom stereocenters. The molecule has 4 rings (SSSR count). The number of benzene rings is 2. The van der Waals surface area contributed by atoms with Crippen molar-refractivity contribution < 1.29 is 57.2 Å². The Morgan fingerprint density at radius 1 is 0.698 bits per heavy atom. The lowest BCUT2D eigenvalue weighted by atomic mass is 9.66. The van der Waals surface area contributed by atoms with Crippen LogP contribution in [0.4, 0.5) is 0 Å². The Bertz CT molecular complexity index is 1690. The van der Waals surface area contributed by atoms with Gasteiger partial charge in [-0.2, -0.15) is 0 Å². The van der Waals surface area contributed by atoms with Crippen molar-refractivity contribution in [2.24, 2.45) is 0 Å². The predicted molar refractivity (Wildman–Crippen MR) is 191 cm³/mol. The molecule has 14 heteroatoms. The molecule has 14 nitrogen and oxygen atoms in total. The highest BCUT2D eigenvalue weighted by atomic mass is 16.6. The van der Waals surface area contributed by atoms with Gasteiger partial charge in [0.2, 0.25) is 11.8 Å². The molecule has 0 radical (unpaired) electrons. The van der Waals surface area contributed by atoms with Gasteiger partial charge in [-0.25, -0.2) is 9.59 Å². The van der Waals surface area contributed by atoms with Gasteiger partial charge in [-0.05, 0) is 75.9 Å². The Balaban J connectivity index is 1.55. The highest BCUT2D eigenvalue weighted by Gasteiger charge is 2.50. The molecule has 2 aromatic carbocycles. The quantitative estimate of drug-likeness (QED) is 0.111. The van der Waals surface area contributed by atoms with Gasteiger partial charge in [0.1, 0.15) is 60.5 Å². The number of carbonyl (C=O) groups excluding carboxylic acids is 6. The summed E-state index contributed by atoms with van der Waals surface area (Å²) in [7, 11) is 0. The van der Waals surface area contributed by atoms with E-state index in [-0.39, 0.29) is 50.8 Å². The first-order valence-electron chi connectivity index (χ1n) is 17.3. The van der Waals surface area contributed by atoms with E-state index in [0.717, 1.165) is 23.3 Å². The van der Waals surface area contributed by atoms with Gasteiger partial charge in [0.15, 0.2) is 0 Å². The SMILES string of the molecule is C=CC(=O)NC(C)(C)C(=O)OCCOc1cc2c(cc1CC)C1(CC(=O)O2)CC(=O)Oc2cc(OCCOC(=O)C(C)(C)NC(=O)C=C)c(CC)cc21. The predicted octanol–water partition coefficient (Wildman–Crippen LogP) is 3.72. The fraction of sp³-hybridized carbons (Fsp3) is 0.436. The summed E-state index contributed by atoms with van der Waals surface area (Å²) in [6, 6.07) is 6.93. The van der Waals surface area contributed by atoms with Crippen molar-refractivity contribution in [2.45, 2.75) is 83.7 Å². The van der Waals surface area contributed by atoms with Crippen LogP contribution in [0.15, 0.2) is 49.6 Å². The average molecular weight is 735 g/mol. The molecule has 2 aromatic rings. The Hall–Kier alpha value is -5.66.